The second-order valence-electron chi connectivity index (χ2n) is 4.80. The number of aromatic nitrogens is 1. The Morgan fingerprint density at radius 2 is 1.79 bits per heavy atom. The normalized spacial score (nSPS) is 12.4. The third-order valence-corrected chi connectivity index (χ3v) is 3.59. The maximum atomic E-state index is 5.92. The molecular formula is C16H19ClN2. The van der Waals surface area contributed by atoms with E-state index in [2.05, 4.69) is 41.5 Å². The summed E-state index contributed by atoms with van der Waals surface area (Å²) in [5.74, 6) is 0. The number of halogens is 1. The SMILES string of the molecule is CNC(Cc1ccc(Cl)cc1)c1ccc(C)nc1C. The Bertz CT molecular complexity index is 549. The molecule has 2 rings (SSSR count). The van der Waals surface area contributed by atoms with E-state index in [-0.39, 0.29) is 6.04 Å². The fraction of sp³-hybridized carbons (Fsp3) is 0.312. The maximum absolute atomic E-state index is 5.92. The largest absolute Gasteiger partial charge is 0.313 e. The minimum atomic E-state index is 0.272. The van der Waals surface area contributed by atoms with Gasteiger partial charge in [-0.25, -0.2) is 0 Å². The number of benzene rings is 1. The average Bonchev–Trinajstić information content (AvgIpc) is 2.39. The zero-order valence-electron chi connectivity index (χ0n) is 11.6. The van der Waals surface area contributed by atoms with Crippen molar-refractivity contribution in [3.63, 3.8) is 0 Å². The van der Waals surface area contributed by atoms with Crippen molar-refractivity contribution in [3.05, 3.63) is 63.9 Å². The lowest BCUT2D eigenvalue weighted by Crippen LogP contribution is -2.20. The number of nitrogens with one attached hydrogen (secondary N) is 1. The number of hydrogen-bond acceptors (Lipinski definition) is 2. The third-order valence-electron chi connectivity index (χ3n) is 3.34. The summed E-state index contributed by atoms with van der Waals surface area (Å²) in [5.41, 5.74) is 4.67. The lowest BCUT2D eigenvalue weighted by Gasteiger charge is -2.19. The maximum Gasteiger partial charge on any atom is 0.0423 e. The number of hydrogen-bond donors (Lipinski definition) is 1. The molecule has 1 unspecified atom stereocenters. The third kappa shape index (κ3) is 3.55. The molecular weight excluding hydrogens is 256 g/mol. The molecule has 2 aromatic rings. The lowest BCUT2D eigenvalue weighted by molar-refractivity contribution is 0.585. The molecule has 0 aliphatic heterocycles. The first-order chi connectivity index (χ1) is 9.10. The zero-order valence-corrected chi connectivity index (χ0v) is 12.3. The molecule has 0 radical (unpaired) electrons. The van der Waals surface area contributed by atoms with Gasteiger partial charge < -0.3 is 5.32 Å². The Hall–Kier alpha value is -1.38. The highest BCUT2D eigenvalue weighted by atomic mass is 35.5. The number of pyridine rings is 1. The van der Waals surface area contributed by atoms with Gasteiger partial charge >= 0.3 is 0 Å². The van der Waals surface area contributed by atoms with Crippen molar-refractivity contribution in [1.82, 2.24) is 10.3 Å². The fourth-order valence-corrected chi connectivity index (χ4v) is 2.42. The van der Waals surface area contributed by atoms with E-state index in [1.165, 1.54) is 11.1 Å². The van der Waals surface area contributed by atoms with Crippen LogP contribution in [0.3, 0.4) is 0 Å². The van der Waals surface area contributed by atoms with Crippen molar-refractivity contribution < 1.29 is 0 Å². The van der Waals surface area contributed by atoms with Crippen molar-refractivity contribution in [1.29, 1.82) is 0 Å². The Balaban J connectivity index is 2.22. The van der Waals surface area contributed by atoms with Crippen molar-refractivity contribution in [2.24, 2.45) is 0 Å². The molecule has 1 N–H and O–H groups in total. The van der Waals surface area contributed by atoms with E-state index in [0.29, 0.717) is 0 Å². The van der Waals surface area contributed by atoms with Crippen LogP contribution in [0.5, 0.6) is 0 Å². The first-order valence-corrected chi connectivity index (χ1v) is 6.84. The minimum Gasteiger partial charge on any atom is -0.313 e. The van der Waals surface area contributed by atoms with E-state index in [1.807, 2.05) is 26.1 Å². The highest BCUT2D eigenvalue weighted by Gasteiger charge is 2.13. The van der Waals surface area contributed by atoms with E-state index in [9.17, 15) is 0 Å². The summed E-state index contributed by atoms with van der Waals surface area (Å²) in [6, 6.07) is 12.5. The Morgan fingerprint density at radius 3 is 2.37 bits per heavy atom. The van der Waals surface area contributed by atoms with E-state index in [0.717, 1.165) is 22.8 Å². The molecule has 0 bridgehead atoms. The number of rotatable bonds is 4. The van der Waals surface area contributed by atoms with Gasteiger partial charge in [0.1, 0.15) is 0 Å². The van der Waals surface area contributed by atoms with Gasteiger partial charge in [0.05, 0.1) is 0 Å². The Kier molecular flexibility index (Phi) is 4.56. The topological polar surface area (TPSA) is 24.9 Å². The summed E-state index contributed by atoms with van der Waals surface area (Å²) < 4.78 is 0. The van der Waals surface area contributed by atoms with Gasteiger partial charge in [-0.2, -0.15) is 0 Å². The number of likely N-dealkylation sites (N-methyl/N-ethyl adjacent to an activating group) is 1. The quantitative estimate of drug-likeness (QED) is 0.916. The summed E-state index contributed by atoms with van der Waals surface area (Å²) in [6.07, 6.45) is 0.930. The second kappa shape index (κ2) is 6.18. The lowest BCUT2D eigenvalue weighted by atomic mass is 9.98. The van der Waals surface area contributed by atoms with Crippen LogP contribution in [0, 0.1) is 13.8 Å². The molecule has 0 fully saturated rings. The van der Waals surface area contributed by atoms with Crippen LogP contribution < -0.4 is 5.32 Å². The van der Waals surface area contributed by atoms with Crippen LogP contribution in [-0.2, 0) is 6.42 Å². The Labute approximate surface area is 119 Å². The number of nitrogens with zero attached hydrogens (tertiary/aromatic N) is 1. The smallest absolute Gasteiger partial charge is 0.0423 e. The van der Waals surface area contributed by atoms with Crippen LogP contribution in [0.2, 0.25) is 5.02 Å². The molecule has 2 nitrogen and oxygen atoms in total. The van der Waals surface area contributed by atoms with Gasteiger partial charge in [0.15, 0.2) is 0 Å². The molecule has 1 atom stereocenters. The molecule has 0 spiro atoms. The van der Waals surface area contributed by atoms with Crippen molar-refractivity contribution in [2.75, 3.05) is 7.05 Å². The van der Waals surface area contributed by atoms with Crippen LogP contribution in [-0.4, -0.2) is 12.0 Å². The zero-order chi connectivity index (χ0) is 13.8. The van der Waals surface area contributed by atoms with Crippen LogP contribution >= 0.6 is 11.6 Å². The molecule has 0 aliphatic carbocycles. The van der Waals surface area contributed by atoms with Gasteiger partial charge in [-0.15, -0.1) is 0 Å². The monoisotopic (exact) mass is 274 g/mol. The van der Waals surface area contributed by atoms with Gasteiger partial charge in [-0.1, -0.05) is 29.8 Å². The van der Waals surface area contributed by atoms with Gasteiger partial charge in [0.25, 0.3) is 0 Å². The van der Waals surface area contributed by atoms with E-state index in [1.54, 1.807) is 0 Å². The predicted octanol–water partition coefficient (Wildman–Crippen LogP) is 3.86. The standard InChI is InChI=1S/C16H19ClN2/c1-11-4-9-15(12(2)19-11)16(18-3)10-13-5-7-14(17)8-6-13/h4-9,16,18H,10H2,1-3H3. The number of aryl methyl sites for hydroxylation is 2. The molecule has 3 heteroatoms. The van der Waals surface area contributed by atoms with E-state index >= 15 is 0 Å². The van der Waals surface area contributed by atoms with Gasteiger partial charge in [-0.3, -0.25) is 4.98 Å². The van der Waals surface area contributed by atoms with Crippen LogP contribution in [0.1, 0.15) is 28.6 Å². The van der Waals surface area contributed by atoms with Gasteiger partial charge in [-0.05, 0) is 56.6 Å². The molecule has 100 valence electrons. The van der Waals surface area contributed by atoms with Crippen molar-refractivity contribution in [2.45, 2.75) is 26.3 Å². The summed E-state index contributed by atoms with van der Waals surface area (Å²) in [7, 11) is 1.99. The highest BCUT2D eigenvalue weighted by molar-refractivity contribution is 6.30. The molecule has 1 aromatic carbocycles. The molecule has 0 saturated heterocycles. The predicted molar refractivity (Wildman–Crippen MR) is 80.7 cm³/mol. The molecule has 19 heavy (non-hydrogen) atoms. The molecule has 0 saturated carbocycles. The molecule has 0 amide bonds. The van der Waals surface area contributed by atoms with Gasteiger partial charge in [0.2, 0.25) is 0 Å². The first kappa shape index (κ1) is 14.0. The highest BCUT2D eigenvalue weighted by Crippen LogP contribution is 2.21. The summed E-state index contributed by atoms with van der Waals surface area (Å²) >= 11 is 5.92. The second-order valence-corrected chi connectivity index (χ2v) is 5.24. The summed E-state index contributed by atoms with van der Waals surface area (Å²) in [5, 5.41) is 4.14. The molecule has 0 aliphatic rings. The van der Waals surface area contributed by atoms with Crippen LogP contribution in [0.15, 0.2) is 36.4 Å². The van der Waals surface area contributed by atoms with Crippen LogP contribution in [0.25, 0.3) is 0 Å². The van der Waals surface area contributed by atoms with E-state index in [4.69, 9.17) is 11.6 Å². The van der Waals surface area contributed by atoms with Gasteiger partial charge in [0, 0.05) is 22.5 Å². The Morgan fingerprint density at radius 1 is 1.11 bits per heavy atom. The minimum absolute atomic E-state index is 0.272. The molecule has 1 aromatic heterocycles. The van der Waals surface area contributed by atoms with Crippen molar-refractivity contribution in [3.8, 4) is 0 Å². The average molecular weight is 275 g/mol. The van der Waals surface area contributed by atoms with Crippen molar-refractivity contribution >= 4 is 11.6 Å². The first-order valence-electron chi connectivity index (χ1n) is 6.46. The molecule has 1 heterocycles. The summed E-state index contributed by atoms with van der Waals surface area (Å²) in [4.78, 5) is 4.54. The van der Waals surface area contributed by atoms with E-state index < -0.39 is 0 Å². The summed E-state index contributed by atoms with van der Waals surface area (Å²) in [6.45, 7) is 4.08. The van der Waals surface area contributed by atoms with Crippen LogP contribution in [0.4, 0.5) is 0 Å². The fourth-order valence-electron chi connectivity index (χ4n) is 2.29.